The van der Waals surface area contributed by atoms with Crippen molar-refractivity contribution in [2.24, 2.45) is 11.3 Å². The quantitative estimate of drug-likeness (QED) is 0.471. The Morgan fingerprint density at radius 3 is 2.30 bits per heavy atom. The van der Waals surface area contributed by atoms with E-state index in [1.54, 1.807) is 24.3 Å². The Labute approximate surface area is 119 Å². The van der Waals surface area contributed by atoms with Gasteiger partial charge < -0.3 is 9.84 Å². The molecule has 1 aromatic rings. The highest BCUT2D eigenvalue weighted by Crippen LogP contribution is 2.34. The second-order valence-corrected chi connectivity index (χ2v) is 5.44. The van der Waals surface area contributed by atoms with Crippen LogP contribution in [0.5, 0.6) is 5.75 Å². The van der Waals surface area contributed by atoms with E-state index in [0.29, 0.717) is 12.2 Å². The summed E-state index contributed by atoms with van der Waals surface area (Å²) in [5, 5.41) is 9.55. The van der Waals surface area contributed by atoms with Crippen LogP contribution < -0.4 is 4.74 Å². The first kappa shape index (κ1) is 16.2. The van der Waals surface area contributed by atoms with Crippen LogP contribution in [0.3, 0.4) is 0 Å². The van der Waals surface area contributed by atoms with Crippen molar-refractivity contribution in [1.82, 2.24) is 0 Å². The van der Waals surface area contributed by atoms with Gasteiger partial charge in [-0.05, 0) is 30.9 Å². The van der Waals surface area contributed by atoms with E-state index in [9.17, 15) is 14.7 Å². The lowest BCUT2D eigenvalue weighted by Crippen LogP contribution is -2.43. The molecule has 110 valence electrons. The van der Waals surface area contributed by atoms with E-state index in [1.165, 1.54) is 0 Å². The number of benzene rings is 1. The summed E-state index contributed by atoms with van der Waals surface area (Å²) in [7, 11) is 0. The molecule has 0 aliphatic carbocycles. The van der Waals surface area contributed by atoms with E-state index < -0.39 is 17.4 Å². The zero-order valence-electron chi connectivity index (χ0n) is 12.3. The third kappa shape index (κ3) is 3.83. The van der Waals surface area contributed by atoms with Crippen LogP contribution in [0.1, 0.15) is 40.0 Å². The summed E-state index contributed by atoms with van der Waals surface area (Å²) in [6.07, 6.45) is 1.18. The van der Waals surface area contributed by atoms with Gasteiger partial charge in [0.25, 0.3) is 0 Å². The number of aliphatic carboxylic acids is 1. The first-order valence-electron chi connectivity index (χ1n) is 6.93. The molecule has 1 aromatic carbocycles. The Hall–Kier alpha value is -1.84. The molecule has 0 saturated heterocycles. The highest BCUT2D eigenvalue weighted by Gasteiger charge is 2.47. The molecular formula is C16H22O4. The Kier molecular flexibility index (Phi) is 5.74. The van der Waals surface area contributed by atoms with Gasteiger partial charge in [0.05, 0.1) is 0 Å². The summed E-state index contributed by atoms with van der Waals surface area (Å²) in [5.74, 6) is -1.30. The highest BCUT2D eigenvalue weighted by molar-refractivity contribution is 6.00. The van der Waals surface area contributed by atoms with Gasteiger partial charge >= 0.3 is 11.9 Å². The average Bonchev–Trinajstić information content (AvgIpc) is 2.38. The Bertz CT molecular complexity index is 453. The Balaban J connectivity index is 3.02. The molecule has 0 aliphatic rings. The minimum atomic E-state index is -1.46. The SMILES string of the molecule is CCCC(CC(C)C)(C(=O)O)C(=O)Oc1ccccc1. The van der Waals surface area contributed by atoms with Gasteiger partial charge in [-0.2, -0.15) is 0 Å². The summed E-state index contributed by atoms with van der Waals surface area (Å²) < 4.78 is 5.27. The number of hydrogen-bond donors (Lipinski definition) is 1. The fourth-order valence-electron chi connectivity index (χ4n) is 2.39. The predicted octanol–water partition coefficient (Wildman–Crippen LogP) is 3.51. The lowest BCUT2D eigenvalue weighted by atomic mass is 9.76. The van der Waals surface area contributed by atoms with Crippen molar-refractivity contribution in [2.75, 3.05) is 0 Å². The molecule has 0 aromatic heterocycles. The number of para-hydroxylation sites is 1. The zero-order chi connectivity index (χ0) is 15.2. The summed E-state index contributed by atoms with van der Waals surface area (Å²) in [6, 6.07) is 8.58. The maximum atomic E-state index is 12.4. The van der Waals surface area contributed by atoms with Crippen molar-refractivity contribution in [3.63, 3.8) is 0 Å². The van der Waals surface area contributed by atoms with Gasteiger partial charge in [0.15, 0.2) is 5.41 Å². The highest BCUT2D eigenvalue weighted by atomic mass is 16.5. The molecule has 1 rings (SSSR count). The average molecular weight is 278 g/mol. The predicted molar refractivity (Wildman–Crippen MR) is 76.5 cm³/mol. The van der Waals surface area contributed by atoms with Crippen molar-refractivity contribution >= 4 is 11.9 Å². The smallest absolute Gasteiger partial charge is 0.328 e. The van der Waals surface area contributed by atoms with Crippen LogP contribution in [-0.2, 0) is 9.59 Å². The molecule has 0 fully saturated rings. The second kappa shape index (κ2) is 7.08. The van der Waals surface area contributed by atoms with Crippen molar-refractivity contribution in [2.45, 2.75) is 40.0 Å². The number of carbonyl (C=O) groups is 2. The van der Waals surface area contributed by atoms with Gasteiger partial charge in [0.1, 0.15) is 5.75 Å². The minimum absolute atomic E-state index is 0.0981. The molecule has 1 atom stereocenters. The maximum Gasteiger partial charge on any atom is 0.328 e. The molecule has 0 aliphatic heterocycles. The molecule has 0 spiro atoms. The van der Waals surface area contributed by atoms with Gasteiger partial charge in [-0.3, -0.25) is 9.59 Å². The summed E-state index contributed by atoms with van der Waals surface area (Å²) in [5.41, 5.74) is -1.46. The lowest BCUT2D eigenvalue weighted by Gasteiger charge is -2.28. The van der Waals surface area contributed by atoms with E-state index in [-0.39, 0.29) is 18.8 Å². The number of carboxylic acids is 1. The van der Waals surface area contributed by atoms with E-state index in [4.69, 9.17) is 4.74 Å². The molecule has 4 heteroatoms. The normalized spacial score (nSPS) is 13.8. The molecule has 0 heterocycles. The molecule has 1 unspecified atom stereocenters. The van der Waals surface area contributed by atoms with E-state index >= 15 is 0 Å². The molecule has 1 N–H and O–H groups in total. The Morgan fingerprint density at radius 1 is 1.25 bits per heavy atom. The van der Waals surface area contributed by atoms with Crippen LogP contribution in [0.15, 0.2) is 30.3 Å². The first-order valence-corrected chi connectivity index (χ1v) is 6.93. The molecule has 0 radical (unpaired) electrons. The van der Waals surface area contributed by atoms with E-state index in [2.05, 4.69) is 0 Å². The fraction of sp³-hybridized carbons (Fsp3) is 0.500. The minimum Gasteiger partial charge on any atom is -0.480 e. The number of carbonyl (C=O) groups excluding carboxylic acids is 1. The van der Waals surface area contributed by atoms with Crippen LogP contribution in [0.4, 0.5) is 0 Å². The van der Waals surface area contributed by atoms with Crippen molar-refractivity contribution in [3.8, 4) is 5.75 Å². The van der Waals surface area contributed by atoms with E-state index in [1.807, 2.05) is 26.8 Å². The van der Waals surface area contributed by atoms with Gasteiger partial charge in [0, 0.05) is 0 Å². The third-order valence-corrected chi connectivity index (χ3v) is 3.19. The molecule has 0 saturated carbocycles. The van der Waals surface area contributed by atoms with Crippen molar-refractivity contribution in [3.05, 3.63) is 30.3 Å². The van der Waals surface area contributed by atoms with Crippen molar-refractivity contribution in [1.29, 1.82) is 0 Å². The largest absolute Gasteiger partial charge is 0.480 e. The molecule has 0 bridgehead atoms. The summed E-state index contributed by atoms with van der Waals surface area (Å²) in [4.78, 5) is 24.1. The van der Waals surface area contributed by atoms with Gasteiger partial charge in [-0.25, -0.2) is 0 Å². The number of carboxylic acid groups (broad SMARTS) is 1. The number of esters is 1. The van der Waals surface area contributed by atoms with Crippen LogP contribution in [-0.4, -0.2) is 17.0 Å². The number of hydrogen-bond acceptors (Lipinski definition) is 3. The Morgan fingerprint density at radius 2 is 1.85 bits per heavy atom. The standard InChI is InChI=1S/C16H22O4/c1-4-10-16(14(17)18,11-12(2)3)15(19)20-13-8-6-5-7-9-13/h5-9,12H,4,10-11H2,1-3H3,(H,17,18). The topological polar surface area (TPSA) is 63.6 Å². The molecule has 0 amide bonds. The van der Waals surface area contributed by atoms with Gasteiger partial charge in [-0.1, -0.05) is 45.4 Å². The van der Waals surface area contributed by atoms with Crippen molar-refractivity contribution < 1.29 is 19.4 Å². The third-order valence-electron chi connectivity index (χ3n) is 3.19. The zero-order valence-corrected chi connectivity index (χ0v) is 12.3. The van der Waals surface area contributed by atoms with Gasteiger partial charge in [0.2, 0.25) is 0 Å². The number of rotatable bonds is 7. The molecule has 4 nitrogen and oxygen atoms in total. The van der Waals surface area contributed by atoms with Crippen LogP contribution in [0.2, 0.25) is 0 Å². The number of ether oxygens (including phenoxy) is 1. The molecular weight excluding hydrogens is 256 g/mol. The maximum absolute atomic E-state index is 12.4. The lowest BCUT2D eigenvalue weighted by molar-refractivity contribution is -0.165. The first-order chi connectivity index (χ1) is 9.42. The molecule has 20 heavy (non-hydrogen) atoms. The summed E-state index contributed by atoms with van der Waals surface area (Å²) >= 11 is 0. The van der Waals surface area contributed by atoms with Crippen LogP contribution in [0.25, 0.3) is 0 Å². The van der Waals surface area contributed by atoms with E-state index in [0.717, 1.165) is 0 Å². The van der Waals surface area contributed by atoms with Gasteiger partial charge in [-0.15, -0.1) is 0 Å². The summed E-state index contributed by atoms with van der Waals surface area (Å²) in [6.45, 7) is 5.68. The fourth-order valence-corrected chi connectivity index (χ4v) is 2.39. The van der Waals surface area contributed by atoms with Crippen LogP contribution >= 0.6 is 0 Å². The van der Waals surface area contributed by atoms with Crippen LogP contribution in [0, 0.1) is 11.3 Å². The second-order valence-electron chi connectivity index (χ2n) is 5.44. The monoisotopic (exact) mass is 278 g/mol.